The van der Waals surface area contributed by atoms with Gasteiger partial charge in [0.2, 0.25) is 0 Å². The molecule has 0 radical (unpaired) electrons. The standard InChI is InChI=1S/C5H8S4/c1-2-4-5(3-1)6-8-9-7-5/h1-4H2. The van der Waals surface area contributed by atoms with E-state index in [9.17, 15) is 0 Å². The number of rotatable bonds is 0. The predicted molar refractivity (Wildman–Crippen MR) is 51.6 cm³/mol. The lowest BCUT2D eigenvalue weighted by Gasteiger charge is -2.15. The summed E-state index contributed by atoms with van der Waals surface area (Å²) < 4.78 is 0.648. The van der Waals surface area contributed by atoms with Gasteiger partial charge < -0.3 is 0 Å². The maximum absolute atomic E-state index is 2.09. The zero-order valence-corrected chi connectivity index (χ0v) is 8.23. The van der Waals surface area contributed by atoms with Gasteiger partial charge in [-0.2, -0.15) is 0 Å². The summed E-state index contributed by atoms with van der Waals surface area (Å²) in [7, 11) is 8.12. The van der Waals surface area contributed by atoms with E-state index in [2.05, 4.69) is 21.6 Å². The summed E-state index contributed by atoms with van der Waals surface area (Å²) in [6.45, 7) is 0. The van der Waals surface area contributed by atoms with Crippen LogP contribution in [0.4, 0.5) is 0 Å². The van der Waals surface area contributed by atoms with E-state index in [0.717, 1.165) is 0 Å². The Balaban J connectivity index is 2.04. The lowest BCUT2D eigenvalue weighted by molar-refractivity contribution is 0.855. The maximum atomic E-state index is 2.09. The average molecular weight is 196 g/mol. The molecule has 0 unspecified atom stereocenters. The van der Waals surface area contributed by atoms with Crippen molar-refractivity contribution in [2.45, 2.75) is 29.8 Å². The smallest absolute Gasteiger partial charge is 0.0629 e. The predicted octanol–water partition coefficient (Wildman–Crippen LogP) is 3.95. The highest BCUT2D eigenvalue weighted by molar-refractivity contribution is 9.31. The molecule has 0 amide bonds. The minimum atomic E-state index is 0.648. The summed E-state index contributed by atoms with van der Waals surface area (Å²) in [4.78, 5) is 0. The Kier molecular flexibility index (Phi) is 2.20. The van der Waals surface area contributed by atoms with Crippen molar-refractivity contribution in [3.05, 3.63) is 0 Å². The van der Waals surface area contributed by atoms with E-state index in [4.69, 9.17) is 0 Å². The molecule has 52 valence electrons. The summed E-state index contributed by atoms with van der Waals surface area (Å²) in [5.74, 6) is 0. The summed E-state index contributed by atoms with van der Waals surface area (Å²) in [5.41, 5.74) is 0. The Bertz CT molecular complexity index is 84.0. The molecule has 0 aromatic carbocycles. The Labute approximate surface area is 70.9 Å². The minimum Gasteiger partial charge on any atom is -0.0629 e. The van der Waals surface area contributed by atoms with Crippen LogP contribution < -0.4 is 0 Å². The third kappa shape index (κ3) is 1.37. The van der Waals surface area contributed by atoms with Crippen molar-refractivity contribution >= 4 is 41.2 Å². The SMILES string of the molecule is C1CCC2(C1)SSSS2. The molecule has 0 aromatic heterocycles. The summed E-state index contributed by atoms with van der Waals surface area (Å²) in [6, 6.07) is 0. The summed E-state index contributed by atoms with van der Waals surface area (Å²) >= 11 is 0. The molecule has 0 bridgehead atoms. The normalized spacial score (nSPS) is 32.0. The van der Waals surface area contributed by atoms with Crippen LogP contribution in [0.5, 0.6) is 0 Å². The Hall–Kier alpha value is 1.40. The Morgan fingerprint density at radius 3 is 2.00 bits per heavy atom. The van der Waals surface area contributed by atoms with E-state index in [1.54, 1.807) is 0 Å². The number of hydrogen-bond donors (Lipinski definition) is 0. The van der Waals surface area contributed by atoms with Crippen LogP contribution in [0.2, 0.25) is 0 Å². The van der Waals surface area contributed by atoms with Crippen LogP contribution in [0, 0.1) is 0 Å². The van der Waals surface area contributed by atoms with Gasteiger partial charge >= 0.3 is 0 Å². The van der Waals surface area contributed by atoms with Crippen molar-refractivity contribution in [2.75, 3.05) is 0 Å². The van der Waals surface area contributed by atoms with Crippen molar-refractivity contribution in [3.63, 3.8) is 0 Å². The second-order valence-corrected chi connectivity index (χ2v) is 9.11. The quantitative estimate of drug-likeness (QED) is 0.538. The third-order valence-electron chi connectivity index (χ3n) is 1.76. The molecule has 0 nitrogen and oxygen atoms in total. The van der Waals surface area contributed by atoms with Crippen LogP contribution in [0.1, 0.15) is 25.7 Å². The van der Waals surface area contributed by atoms with Crippen molar-refractivity contribution in [2.24, 2.45) is 0 Å². The van der Waals surface area contributed by atoms with Crippen LogP contribution in [-0.2, 0) is 0 Å². The first-order chi connectivity index (χ1) is 4.41. The van der Waals surface area contributed by atoms with Gasteiger partial charge in [-0.3, -0.25) is 0 Å². The van der Waals surface area contributed by atoms with Crippen LogP contribution in [0.15, 0.2) is 0 Å². The molecule has 0 atom stereocenters. The van der Waals surface area contributed by atoms with Crippen molar-refractivity contribution in [1.29, 1.82) is 0 Å². The van der Waals surface area contributed by atoms with E-state index in [1.807, 2.05) is 19.7 Å². The molecule has 1 saturated heterocycles. The van der Waals surface area contributed by atoms with Gasteiger partial charge in [0.15, 0.2) is 0 Å². The molecule has 1 saturated carbocycles. The van der Waals surface area contributed by atoms with Gasteiger partial charge in [-0.05, 0) is 32.5 Å². The largest absolute Gasteiger partial charge is 0.0834 e. The zero-order valence-electron chi connectivity index (χ0n) is 4.96. The molecule has 2 fully saturated rings. The molecule has 9 heavy (non-hydrogen) atoms. The van der Waals surface area contributed by atoms with E-state index in [-0.39, 0.29) is 0 Å². The van der Waals surface area contributed by atoms with Crippen LogP contribution >= 0.6 is 41.2 Å². The highest BCUT2D eigenvalue weighted by Crippen LogP contribution is 2.70. The van der Waals surface area contributed by atoms with Crippen molar-refractivity contribution < 1.29 is 0 Å². The molecule has 1 aliphatic carbocycles. The molecule has 1 spiro atoms. The number of hydrogen-bond acceptors (Lipinski definition) is 4. The molecule has 1 aliphatic heterocycles. The zero-order chi connectivity index (χ0) is 6.16. The fourth-order valence-electron chi connectivity index (χ4n) is 1.25. The van der Waals surface area contributed by atoms with Gasteiger partial charge in [-0.1, -0.05) is 34.4 Å². The molecule has 0 aromatic rings. The monoisotopic (exact) mass is 196 g/mol. The second kappa shape index (κ2) is 2.80. The lowest BCUT2D eigenvalue weighted by Crippen LogP contribution is -2.07. The fraction of sp³-hybridized carbons (Fsp3) is 1.00. The van der Waals surface area contributed by atoms with Gasteiger partial charge in [-0.15, -0.1) is 0 Å². The van der Waals surface area contributed by atoms with Crippen molar-refractivity contribution in [1.82, 2.24) is 0 Å². The highest BCUT2D eigenvalue weighted by atomic mass is 33.7. The Morgan fingerprint density at radius 1 is 0.889 bits per heavy atom. The van der Waals surface area contributed by atoms with Crippen LogP contribution in [0.3, 0.4) is 0 Å². The summed E-state index contributed by atoms with van der Waals surface area (Å²) in [6.07, 6.45) is 5.81. The van der Waals surface area contributed by atoms with Crippen LogP contribution in [-0.4, -0.2) is 4.08 Å². The molecule has 0 N–H and O–H groups in total. The van der Waals surface area contributed by atoms with E-state index >= 15 is 0 Å². The second-order valence-electron chi connectivity index (χ2n) is 2.42. The van der Waals surface area contributed by atoms with Crippen molar-refractivity contribution in [3.8, 4) is 0 Å². The minimum absolute atomic E-state index is 0.648. The van der Waals surface area contributed by atoms with Gasteiger partial charge in [0.1, 0.15) is 0 Å². The van der Waals surface area contributed by atoms with Gasteiger partial charge in [0.25, 0.3) is 0 Å². The first kappa shape index (κ1) is 7.07. The summed E-state index contributed by atoms with van der Waals surface area (Å²) in [5, 5.41) is 0. The lowest BCUT2D eigenvalue weighted by atomic mass is 10.4. The molecule has 2 rings (SSSR count). The third-order valence-corrected chi connectivity index (χ3v) is 10.2. The van der Waals surface area contributed by atoms with Gasteiger partial charge in [0.05, 0.1) is 4.08 Å². The molecule has 2 aliphatic rings. The molecule has 4 heteroatoms. The van der Waals surface area contributed by atoms with E-state index in [1.165, 1.54) is 25.7 Å². The van der Waals surface area contributed by atoms with Gasteiger partial charge in [-0.25, -0.2) is 0 Å². The molecular formula is C5H8S4. The molecular weight excluding hydrogens is 188 g/mol. The van der Waals surface area contributed by atoms with E-state index < -0.39 is 0 Å². The maximum Gasteiger partial charge on any atom is 0.0834 e. The highest BCUT2D eigenvalue weighted by Gasteiger charge is 2.40. The fourth-order valence-corrected chi connectivity index (χ4v) is 11.2. The topological polar surface area (TPSA) is 0 Å². The van der Waals surface area contributed by atoms with Crippen LogP contribution in [0.25, 0.3) is 0 Å². The van der Waals surface area contributed by atoms with E-state index in [0.29, 0.717) is 4.08 Å². The first-order valence-corrected chi connectivity index (χ1v) is 7.93. The Morgan fingerprint density at radius 2 is 1.44 bits per heavy atom. The average Bonchev–Trinajstić information content (AvgIpc) is 2.45. The molecule has 1 heterocycles. The first-order valence-electron chi connectivity index (χ1n) is 3.12. The van der Waals surface area contributed by atoms with Gasteiger partial charge in [0, 0.05) is 0 Å².